The molecule has 0 saturated carbocycles. The molecule has 1 aliphatic rings. The second-order valence-electron chi connectivity index (χ2n) is 4.47. The van der Waals surface area contributed by atoms with Crippen LogP contribution in [0.15, 0.2) is 24.3 Å². The van der Waals surface area contributed by atoms with Crippen molar-refractivity contribution in [3.8, 4) is 0 Å². The van der Waals surface area contributed by atoms with Gasteiger partial charge >= 0.3 is 0 Å². The van der Waals surface area contributed by atoms with Gasteiger partial charge in [0, 0.05) is 6.61 Å². The summed E-state index contributed by atoms with van der Waals surface area (Å²) in [6.45, 7) is 0.845. The van der Waals surface area contributed by atoms with Crippen molar-refractivity contribution in [2.45, 2.75) is 24.6 Å². The van der Waals surface area contributed by atoms with Crippen LogP contribution < -0.4 is 0 Å². The molecule has 1 aromatic heterocycles. The minimum atomic E-state index is -0.186. The van der Waals surface area contributed by atoms with Gasteiger partial charge in [0.1, 0.15) is 10.9 Å². The largest absolute Gasteiger partial charge is 0.358 e. The van der Waals surface area contributed by atoms with Crippen LogP contribution >= 0.6 is 0 Å². The molecule has 5 heteroatoms. The lowest BCUT2D eigenvalue weighted by molar-refractivity contribution is -0.0769. The van der Waals surface area contributed by atoms with Gasteiger partial charge < -0.3 is 4.74 Å². The predicted octanol–water partition coefficient (Wildman–Crippen LogP) is 0.607. The van der Waals surface area contributed by atoms with E-state index in [2.05, 4.69) is 16.4 Å². The van der Waals surface area contributed by atoms with Crippen molar-refractivity contribution in [3.63, 3.8) is 0 Å². The average Bonchev–Trinajstić information content (AvgIpc) is 2.74. The normalized spacial score (nSPS) is 26.2. The van der Waals surface area contributed by atoms with E-state index in [1.165, 1.54) is 6.42 Å². The van der Waals surface area contributed by atoms with Gasteiger partial charge in [0.05, 0.1) is 15.8 Å². The summed E-state index contributed by atoms with van der Waals surface area (Å²) in [7, 11) is 0.941. The van der Waals surface area contributed by atoms with Gasteiger partial charge in [-0.25, -0.2) is 4.68 Å². The monoisotopic (exact) mass is 233 g/mol. The zero-order valence-electron chi connectivity index (χ0n) is 9.39. The number of fused-ring (bicyclic) bond motifs is 1. The fourth-order valence-electron chi connectivity index (χ4n) is 2.30. The molecular formula is C11H15N3OSi. The second kappa shape index (κ2) is 3.67. The van der Waals surface area contributed by atoms with E-state index in [1.807, 2.05) is 22.9 Å². The molecule has 0 N–H and O–H groups in total. The predicted molar refractivity (Wildman–Crippen MR) is 65.2 cm³/mol. The van der Waals surface area contributed by atoms with Gasteiger partial charge in [0.2, 0.25) is 0 Å². The van der Waals surface area contributed by atoms with E-state index in [4.69, 9.17) is 4.74 Å². The third-order valence-electron chi connectivity index (χ3n) is 3.25. The van der Waals surface area contributed by atoms with E-state index in [0.29, 0.717) is 0 Å². The van der Waals surface area contributed by atoms with E-state index in [0.717, 1.165) is 40.7 Å². The summed E-state index contributed by atoms with van der Waals surface area (Å²) in [5.41, 5.74) is 2.03. The number of rotatable bonds is 1. The number of nitrogens with zero attached hydrogens (tertiary/aromatic N) is 3. The minimum Gasteiger partial charge on any atom is -0.358 e. The SMILES string of the molecule is [SiH3]C1(n2nnc3ccccc32)CCCCO1. The van der Waals surface area contributed by atoms with E-state index >= 15 is 0 Å². The highest BCUT2D eigenvalue weighted by atomic mass is 28.1. The topological polar surface area (TPSA) is 39.9 Å². The van der Waals surface area contributed by atoms with Crippen molar-refractivity contribution in [1.29, 1.82) is 0 Å². The molecule has 1 fully saturated rings. The van der Waals surface area contributed by atoms with E-state index in [-0.39, 0.29) is 5.35 Å². The Kier molecular flexibility index (Phi) is 2.29. The van der Waals surface area contributed by atoms with Gasteiger partial charge in [-0.3, -0.25) is 0 Å². The smallest absolute Gasteiger partial charge is 0.137 e. The van der Waals surface area contributed by atoms with Crippen LogP contribution in [0, 0.1) is 0 Å². The molecule has 84 valence electrons. The van der Waals surface area contributed by atoms with E-state index < -0.39 is 0 Å². The third-order valence-corrected chi connectivity index (χ3v) is 4.46. The van der Waals surface area contributed by atoms with Gasteiger partial charge in [-0.15, -0.1) is 5.10 Å². The maximum Gasteiger partial charge on any atom is 0.137 e. The number of hydrogen-bond acceptors (Lipinski definition) is 3. The van der Waals surface area contributed by atoms with Crippen molar-refractivity contribution >= 4 is 21.3 Å². The molecule has 1 aromatic carbocycles. The Morgan fingerprint density at radius 1 is 1.31 bits per heavy atom. The van der Waals surface area contributed by atoms with E-state index in [1.54, 1.807) is 0 Å². The van der Waals surface area contributed by atoms with Gasteiger partial charge in [0.25, 0.3) is 0 Å². The molecule has 1 atom stereocenters. The number of benzene rings is 1. The van der Waals surface area contributed by atoms with Crippen LogP contribution in [-0.2, 0) is 10.1 Å². The maximum absolute atomic E-state index is 5.94. The molecule has 3 rings (SSSR count). The summed E-state index contributed by atoms with van der Waals surface area (Å²) in [6, 6.07) is 8.07. The Morgan fingerprint density at radius 2 is 2.19 bits per heavy atom. The lowest BCUT2D eigenvalue weighted by atomic mass is 10.2. The molecule has 0 aliphatic carbocycles. The lowest BCUT2D eigenvalue weighted by Gasteiger charge is -2.34. The minimum absolute atomic E-state index is 0.186. The van der Waals surface area contributed by atoms with Crippen LogP contribution in [0.4, 0.5) is 0 Å². The first-order chi connectivity index (χ1) is 7.80. The van der Waals surface area contributed by atoms with Crippen molar-refractivity contribution in [2.75, 3.05) is 6.61 Å². The highest BCUT2D eigenvalue weighted by Crippen LogP contribution is 2.28. The first-order valence-electron chi connectivity index (χ1n) is 5.74. The Labute approximate surface area is 97.0 Å². The van der Waals surface area contributed by atoms with Crippen LogP contribution in [0.1, 0.15) is 19.3 Å². The fourth-order valence-corrected chi connectivity index (χ4v) is 3.19. The highest BCUT2D eigenvalue weighted by Gasteiger charge is 2.31. The summed E-state index contributed by atoms with van der Waals surface area (Å²) in [5, 5.41) is 8.28. The molecule has 2 heterocycles. The molecule has 0 amide bonds. The molecule has 0 radical (unpaired) electrons. The first-order valence-corrected chi connectivity index (χ1v) is 6.74. The fraction of sp³-hybridized carbons (Fsp3) is 0.455. The Balaban J connectivity index is 2.11. The molecule has 0 spiro atoms. The maximum atomic E-state index is 5.94. The van der Waals surface area contributed by atoms with Crippen LogP contribution in [0.3, 0.4) is 0 Å². The molecule has 2 aromatic rings. The number of hydrogen-bond donors (Lipinski definition) is 0. The quantitative estimate of drug-likeness (QED) is 0.678. The first kappa shape index (κ1) is 9.98. The number of aromatic nitrogens is 3. The zero-order chi connectivity index (χ0) is 11.0. The van der Waals surface area contributed by atoms with Crippen LogP contribution in [0.5, 0.6) is 0 Å². The van der Waals surface area contributed by atoms with Gasteiger partial charge in [0.15, 0.2) is 0 Å². The third kappa shape index (κ3) is 1.47. The van der Waals surface area contributed by atoms with E-state index in [9.17, 15) is 0 Å². The lowest BCUT2D eigenvalue weighted by Crippen LogP contribution is -2.41. The molecule has 1 unspecified atom stereocenters. The van der Waals surface area contributed by atoms with Crippen LogP contribution in [0.25, 0.3) is 11.0 Å². The van der Waals surface area contributed by atoms with Crippen molar-refractivity contribution < 1.29 is 4.74 Å². The van der Waals surface area contributed by atoms with Crippen LogP contribution in [0.2, 0.25) is 0 Å². The number of para-hydroxylation sites is 1. The molecule has 1 saturated heterocycles. The van der Waals surface area contributed by atoms with Crippen molar-refractivity contribution in [2.24, 2.45) is 0 Å². The van der Waals surface area contributed by atoms with Crippen molar-refractivity contribution in [3.05, 3.63) is 24.3 Å². The summed E-state index contributed by atoms with van der Waals surface area (Å²) >= 11 is 0. The summed E-state index contributed by atoms with van der Waals surface area (Å²) in [6.07, 6.45) is 3.45. The standard InChI is InChI=1S/C11H15N3OSi/c16-11(7-3-4-8-15-11)14-10-6-2-1-5-9(10)12-13-14/h1-2,5-6H,3-4,7-8H2,16H3. The number of ether oxygens (including phenoxy) is 1. The second-order valence-corrected chi connectivity index (χ2v) is 6.03. The molecule has 0 bridgehead atoms. The van der Waals surface area contributed by atoms with Gasteiger partial charge in [-0.05, 0) is 31.4 Å². The summed E-state index contributed by atoms with van der Waals surface area (Å²) in [4.78, 5) is 0. The average molecular weight is 233 g/mol. The summed E-state index contributed by atoms with van der Waals surface area (Å²) < 4.78 is 7.92. The summed E-state index contributed by atoms with van der Waals surface area (Å²) in [5.74, 6) is 0. The van der Waals surface area contributed by atoms with Gasteiger partial charge in [-0.1, -0.05) is 17.3 Å². The molecule has 16 heavy (non-hydrogen) atoms. The van der Waals surface area contributed by atoms with Crippen molar-refractivity contribution in [1.82, 2.24) is 15.0 Å². The Hall–Kier alpha value is -1.20. The van der Waals surface area contributed by atoms with Crippen LogP contribution in [-0.4, -0.2) is 31.8 Å². The Morgan fingerprint density at radius 3 is 3.00 bits per heavy atom. The molecule has 4 nitrogen and oxygen atoms in total. The Bertz CT molecular complexity index is 505. The molecular weight excluding hydrogens is 218 g/mol. The zero-order valence-corrected chi connectivity index (χ0v) is 11.4. The highest BCUT2D eigenvalue weighted by molar-refractivity contribution is 6.13. The molecule has 1 aliphatic heterocycles. The van der Waals surface area contributed by atoms with Gasteiger partial charge in [-0.2, -0.15) is 0 Å².